The number of anilines is 1. The van der Waals surface area contributed by atoms with Gasteiger partial charge < -0.3 is 15.8 Å². The van der Waals surface area contributed by atoms with Crippen LogP contribution in [0.5, 0.6) is 0 Å². The van der Waals surface area contributed by atoms with Crippen molar-refractivity contribution < 1.29 is 4.74 Å². The Hall–Kier alpha value is -0.840. The van der Waals surface area contributed by atoms with E-state index in [0.29, 0.717) is 22.2 Å². The van der Waals surface area contributed by atoms with Gasteiger partial charge in [0.15, 0.2) is 0 Å². The second-order valence-corrected chi connectivity index (χ2v) is 3.83. The number of hydrogen-bond donors (Lipinski definition) is 2. The van der Waals surface area contributed by atoms with E-state index in [0.717, 1.165) is 12.2 Å². The average Bonchev–Trinajstić information content (AvgIpc) is 2.17. The molecule has 1 aromatic rings. The van der Waals surface area contributed by atoms with Gasteiger partial charge in [0.25, 0.3) is 0 Å². The first kappa shape index (κ1) is 12.2. The van der Waals surface area contributed by atoms with Gasteiger partial charge in [0.2, 0.25) is 0 Å². The maximum absolute atomic E-state index is 6.00. The normalized spacial score (nSPS) is 10.0. The second-order valence-electron chi connectivity index (χ2n) is 2.98. The lowest BCUT2D eigenvalue weighted by Crippen LogP contribution is -2.11. The summed E-state index contributed by atoms with van der Waals surface area (Å²) in [6.45, 7) is 1.38. The van der Waals surface area contributed by atoms with Crippen molar-refractivity contribution in [3.63, 3.8) is 0 Å². The van der Waals surface area contributed by atoms with Crippen molar-refractivity contribution in [3.8, 4) is 0 Å². The number of rotatable bonds is 5. The molecule has 0 aromatic heterocycles. The van der Waals surface area contributed by atoms with Crippen molar-refractivity contribution in [2.75, 3.05) is 25.6 Å². The molecule has 0 amide bonds. The van der Waals surface area contributed by atoms with Crippen LogP contribution in [0.15, 0.2) is 18.2 Å². The Labute approximate surface area is 99.6 Å². The maximum atomic E-state index is 6.00. The molecule has 0 saturated heterocycles. The molecule has 0 bridgehead atoms. The predicted molar refractivity (Wildman–Crippen MR) is 67.7 cm³/mol. The lowest BCUT2D eigenvalue weighted by atomic mass is 10.2. The van der Waals surface area contributed by atoms with Crippen molar-refractivity contribution in [2.24, 2.45) is 5.73 Å². The molecule has 3 nitrogen and oxygen atoms in total. The van der Waals surface area contributed by atoms with E-state index in [1.807, 2.05) is 6.07 Å². The summed E-state index contributed by atoms with van der Waals surface area (Å²) >= 11 is 10.9. The minimum absolute atomic E-state index is 0.309. The first-order valence-corrected chi connectivity index (χ1v) is 5.26. The van der Waals surface area contributed by atoms with Gasteiger partial charge >= 0.3 is 0 Å². The van der Waals surface area contributed by atoms with Crippen LogP contribution in [0, 0.1) is 0 Å². The Morgan fingerprint density at radius 2 is 2.33 bits per heavy atom. The SMILES string of the molecule is COCCNc1ccc(C(N)=S)c(Cl)c1. The molecule has 3 N–H and O–H groups in total. The zero-order chi connectivity index (χ0) is 11.3. The summed E-state index contributed by atoms with van der Waals surface area (Å²) in [7, 11) is 1.66. The van der Waals surface area contributed by atoms with Gasteiger partial charge in [-0.05, 0) is 18.2 Å². The number of nitrogens with two attached hydrogens (primary N) is 1. The molecular formula is C10H13ClN2OS. The molecule has 0 aliphatic rings. The third-order valence-corrected chi connectivity index (χ3v) is 2.40. The van der Waals surface area contributed by atoms with Gasteiger partial charge in [-0.2, -0.15) is 0 Å². The lowest BCUT2D eigenvalue weighted by Gasteiger charge is -2.08. The smallest absolute Gasteiger partial charge is 0.105 e. The average molecular weight is 245 g/mol. The third kappa shape index (κ3) is 3.66. The monoisotopic (exact) mass is 244 g/mol. The van der Waals surface area contributed by atoms with E-state index < -0.39 is 0 Å². The summed E-state index contributed by atoms with van der Waals surface area (Å²) in [5.41, 5.74) is 7.12. The van der Waals surface area contributed by atoms with Crippen LogP contribution in [-0.2, 0) is 4.74 Å². The van der Waals surface area contributed by atoms with Crippen molar-refractivity contribution in [1.29, 1.82) is 0 Å². The van der Waals surface area contributed by atoms with Crippen LogP contribution < -0.4 is 11.1 Å². The maximum Gasteiger partial charge on any atom is 0.105 e. The van der Waals surface area contributed by atoms with Gasteiger partial charge in [0.05, 0.1) is 11.6 Å². The van der Waals surface area contributed by atoms with E-state index in [4.69, 9.17) is 34.3 Å². The first-order chi connectivity index (χ1) is 7.15. The van der Waals surface area contributed by atoms with Crippen LogP contribution >= 0.6 is 23.8 Å². The van der Waals surface area contributed by atoms with Crippen molar-refractivity contribution in [1.82, 2.24) is 0 Å². The number of methoxy groups -OCH3 is 1. The molecule has 1 aromatic carbocycles. The standard InChI is InChI=1S/C10H13ClN2OS/c1-14-5-4-13-7-2-3-8(10(12)15)9(11)6-7/h2-3,6,13H,4-5H2,1H3,(H2,12,15). The van der Waals surface area contributed by atoms with E-state index in [9.17, 15) is 0 Å². The van der Waals surface area contributed by atoms with Gasteiger partial charge in [-0.1, -0.05) is 23.8 Å². The summed E-state index contributed by atoms with van der Waals surface area (Å²) in [5, 5.41) is 3.72. The van der Waals surface area contributed by atoms with Gasteiger partial charge in [-0.25, -0.2) is 0 Å². The highest BCUT2D eigenvalue weighted by Crippen LogP contribution is 2.20. The quantitative estimate of drug-likeness (QED) is 0.615. The highest BCUT2D eigenvalue weighted by Gasteiger charge is 2.03. The number of nitrogens with one attached hydrogen (secondary N) is 1. The first-order valence-electron chi connectivity index (χ1n) is 4.47. The van der Waals surface area contributed by atoms with Gasteiger partial charge in [-0.3, -0.25) is 0 Å². The van der Waals surface area contributed by atoms with Crippen molar-refractivity contribution >= 4 is 34.5 Å². The number of halogens is 1. The number of ether oxygens (including phenoxy) is 1. The van der Waals surface area contributed by atoms with E-state index in [-0.39, 0.29) is 0 Å². The summed E-state index contributed by atoms with van der Waals surface area (Å²) in [4.78, 5) is 0.309. The Bertz CT molecular complexity index is 357. The molecule has 0 atom stereocenters. The van der Waals surface area contributed by atoms with Crippen molar-refractivity contribution in [2.45, 2.75) is 0 Å². The highest BCUT2D eigenvalue weighted by atomic mass is 35.5. The zero-order valence-electron chi connectivity index (χ0n) is 8.42. The molecule has 82 valence electrons. The van der Waals surface area contributed by atoms with Gasteiger partial charge in [0.1, 0.15) is 4.99 Å². The largest absolute Gasteiger partial charge is 0.389 e. The van der Waals surface area contributed by atoms with Crippen LogP contribution in [0.1, 0.15) is 5.56 Å². The molecule has 1 rings (SSSR count). The molecule has 0 fully saturated rings. The molecule has 0 spiro atoms. The highest BCUT2D eigenvalue weighted by molar-refractivity contribution is 7.80. The molecule has 0 aliphatic heterocycles. The number of hydrogen-bond acceptors (Lipinski definition) is 3. The lowest BCUT2D eigenvalue weighted by molar-refractivity contribution is 0.211. The van der Waals surface area contributed by atoms with Gasteiger partial charge in [-0.15, -0.1) is 0 Å². The fourth-order valence-electron chi connectivity index (χ4n) is 1.12. The summed E-state index contributed by atoms with van der Waals surface area (Å²) in [5.74, 6) is 0. The predicted octanol–water partition coefficient (Wildman–Crippen LogP) is 2.03. The van der Waals surface area contributed by atoms with Crippen LogP contribution in [0.25, 0.3) is 0 Å². The van der Waals surface area contributed by atoms with Crippen LogP contribution in [0.2, 0.25) is 5.02 Å². The van der Waals surface area contributed by atoms with Crippen LogP contribution in [0.3, 0.4) is 0 Å². The molecular weight excluding hydrogens is 232 g/mol. The van der Waals surface area contributed by atoms with E-state index >= 15 is 0 Å². The third-order valence-electron chi connectivity index (χ3n) is 1.87. The topological polar surface area (TPSA) is 47.3 Å². The molecule has 0 unspecified atom stereocenters. The van der Waals surface area contributed by atoms with Crippen LogP contribution in [0.4, 0.5) is 5.69 Å². The Balaban J connectivity index is 2.69. The van der Waals surface area contributed by atoms with E-state index in [2.05, 4.69) is 5.32 Å². The Kier molecular flexibility index (Phi) is 4.81. The molecule has 0 saturated carbocycles. The van der Waals surface area contributed by atoms with E-state index in [1.165, 1.54) is 0 Å². The molecule has 5 heteroatoms. The fraction of sp³-hybridized carbons (Fsp3) is 0.300. The summed E-state index contributed by atoms with van der Waals surface area (Å²) < 4.78 is 4.92. The molecule has 0 heterocycles. The Morgan fingerprint density at radius 3 is 2.87 bits per heavy atom. The molecule has 0 aliphatic carbocycles. The van der Waals surface area contributed by atoms with Crippen molar-refractivity contribution in [3.05, 3.63) is 28.8 Å². The second kappa shape index (κ2) is 5.90. The Morgan fingerprint density at radius 1 is 1.60 bits per heavy atom. The fourth-order valence-corrected chi connectivity index (χ4v) is 1.64. The summed E-state index contributed by atoms with van der Waals surface area (Å²) in [6.07, 6.45) is 0. The van der Waals surface area contributed by atoms with Crippen LogP contribution in [-0.4, -0.2) is 25.2 Å². The molecule has 15 heavy (non-hydrogen) atoms. The summed E-state index contributed by atoms with van der Waals surface area (Å²) in [6, 6.07) is 5.49. The minimum Gasteiger partial charge on any atom is -0.389 e. The van der Waals surface area contributed by atoms with E-state index in [1.54, 1.807) is 19.2 Å². The number of thiocarbonyl (C=S) groups is 1. The zero-order valence-corrected chi connectivity index (χ0v) is 9.99. The number of benzene rings is 1. The molecule has 0 radical (unpaired) electrons. The minimum atomic E-state index is 0.309. The van der Waals surface area contributed by atoms with Gasteiger partial charge in [0, 0.05) is 24.9 Å².